The molecular formula is C19H24N2. The van der Waals surface area contributed by atoms with Gasteiger partial charge in [-0.05, 0) is 67.6 Å². The van der Waals surface area contributed by atoms with Crippen LogP contribution >= 0.6 is 0 Å². The van der Waals surface area contributed by atoms with Gasteiger partial charge in [0.25, 0.3) is 0 Å². The molecule has 0 bridgehead atoms. The summed E-state index contributed by atoms with van der Waals surface area (Å²) in [5.74, 6) is 0. The van der Waals surface area contributed by atoms with Gasteiger partial charge in [-0.15, -0.1) is 0 Å². The van der Waals surface area contributed by atoms with E-state index in [1.54, 1.807) is 0 Å². The third-order valence-electron chi connectivity index (χ3n) is 4.56. The lowest BCUT2D eigenvalue weighted by Crippen LogP contribution is -2.29. The highest BCUT2D eigenvalue weighted by Gasteiger charge is 2.45. The molecule has 0 unspecified atom stereocenters. The highest BCUT2D eigenvalue weighted by molar-refractivity contribution is 5.52. The molecular weight excluding hydrogens is 256 g/mol. The van der Waals surface area contributed by atoms with Crippen LogP contribution in [0.4, 0.5) is 11.4 Å². The Labute approximate surface area is 127 Å². The number of hydrogen-bond acceptors (Lipinski definition) is 2. The summed E-state index contributed by atoms with van der Waals surface area (Å²) in [6.07, 6.45) is 2.54. The number of benzene rings is 2. The van der Waals surface area contributed by atoms with E-state index in [2.05, 4.69) is 56.1 Å². The fraction of sp³-hybridized carbons (Fsp3) is 0.368. The summed E-state index contributed by atoms with van der Waals surface area (Å²) in [7, 11) is 2.20. The Kier molecular flexibility index (Phi) is 3.40. The van der Waals surface area contributed by atoms with Crippen LogP contribution < -0.4 is 10.6 Å². The molecule has 0 atom stereocenters. The summed E-state index contributed by atoms with van der Waals surface area (Å²) in [6.45, 7) is 5.40. The molecule has 2 nitrogen and oxygen atoms in total. The molecule has 3 rings (SSSR count). The summed E-state index contributed by atoms with van der Waals surface area (Å²) in [6, 6.07) is 15.2. The van der Waals surface area contributed by atoms with E-state index < -0.39 is 0 Å². The second-order valence-corrected chi connectivity index (χ2v) is 6.60. The van der Waals surface area contributed by atoms with Gasteiger partial charge in [0.05, 0.1) is 0 Å². The quantitative estimate of drug-likeness (QED) is 0.856. The van der Waals surface area contributed by atoms with Gasteiger partial charge in [0.15, 0.2) is 0 Å². The molecule has 1 aliphatic rings. The molecule has 0 amide bonds. The third-order valence-corrected chi connectivity index (χ3v) is 4.56. The van der Waals surface area contributed by atoms with Crippen LogP contribution in [-0.2, 0) is 5.41 Å². The Morgan fingerprint density at radius 1 is 1.00 bits per heavy atom. The maximum Gasteiger partial charge on any atom is 0.0369 e. The maximum absolute atomic E-state index is 5.81. The van der Waals surface area contributed by atoms with E-state index >= 15 is 0 Å². The SMILES string of the molecule is Cc1cc(C)cc(N(C)CC2(c3ccc(N)cc3)CC2)c1. The zero-order valence-corrected chi connectivity index (χ0v) is 13.2. The molecule has 2 N–H and O–H groups in total. The first-order valence-corrected chi connectivity index (χ1v) is 7.64. The normalized spacial score (nSPS) is 15.8. The lowest BCUT2D eigenvalue weighted by molar-refractivity contribution is 0.673. The number of nitrogens with zero attached hydrogens (tertiary/aromatic N) is 1. The van der Waals surface area contributed by atoms with Crippen LogP contribution in [0.2, 0.25) is 0 Å². The van der Waals surface area contributed by atoms with Crippen molar-refractivity contribution in [1.82, 2.24) is 0 Å². The van der Waals surface area contributed by atoms with Crippen LogP contribution in [0.1, 0.15) is 29.5 Å². The molecule has 0 aliphatic heterocycles. The molecule has 0 aromatic heterocycles. The van der Waals surface area contributed by atoms with Gasteiger partial charge in [-0.25, -0.2) is 0 Å². The molecule has 0 radical (unpaired) electrons. The van der Waals surface area contributed by atoms with Crippen LogP contribution in [0.3, 0.4) is 0 Å². The number of nitrogens with two attached hydrogens (primary N) is 1. The number of aryl methyl sites for hydroxylation is 2. The Morgan fingerprint density at radius 2 is 1.57 bits per heavy atom. The number of hydrogen-bond donors (Lipinski definition) is 1. The first-order valence-electron chi connectivity index (χ1n) is 7.64. The average Bonchev–Trinajstić information content (AvgIpc) is 3.19. The number of nitrogen functional groups attached to an aromatic ring is 1. The van der Waals surface area contributed by atoms with Crippen molar-refractivity contribution in [3.63, 3.8) is 0 Å². The first-order chi connectivity index (χ1) is 9.98. The zero-order valence-electron chi connectivity index (χ0n) is 13.2. The molecule has 1 aliphatic carbocycles. The second-order valence-electron chi connectivity index (χ2n) is 6.60. The van der Waals surface area contributed by atoms with E-state index in [1.807, 2.05) is 12.1 Å². The molecule has 21 heavy (non-hydrogen) atoms. The van der Waals surface area contributed by atoms with E-state index in [-0.39, 0.29) is 0 Å². The lowest BCUT2D eigenvalue weighted by atomic mass is 9.95. The highest BCUT2D eigenvalue weighted by atomic mass is 15.1. The van der Waals surface area contributed by atoms with Crippen molar-refractivity contribution < 1.29 is 0 Å². The monoisotopic (exact) mass is 280 g/mol. The topological polar surface area (TPSA) is 29.3 Å². The molecule has 0 saturated heterocycles. The Morgan fingerprint density at radius 3 is 2.10 bits per heavy atom. The van der Waals surface area contributed by atoms with Crippen LogP contribution in [0.25, 0.3) is 0 Å². The fourth-order valence-electron chi connectivity index (χ4n) is 3.24. The summed E-state index contributed by atoms with van der Waals surface area (Å²) in [4.78, 5) is 2.39. The largest absolute Gasteiger partial charge is 0.399 e. The van der Waals surface area contributed by atoms with Gasteiger partial charge in [0, 0.05) is 30.4 Å². The van der Waals surface area contributed by atoms with E-state index in [0.29, 0.717) is 5.41 Å². The number of rotatable bonds is 4. The zero-order chi connectivity index (χ0) is 15.0. The lowest BCUT2D eigenvalue weighted by Gasteiger charge is -2.27. The van der Waals surface area contributed by atoms with Crippen LogP contribution in [-0.4, -0.2) is 13.6 Å². The highest BCUT2D eigenvalue weighted by Crippen LogP contribution is 2.49. The van der Waals surface area contributed by atoms with E-state index in [1.165, 1.54) is 35.2 Å². The second kappa shape index (κ2) is 5.10. The van der Waals surface area contributed by atoms with Gasteiger partial charge in [-0.3, -0.25) is 0 Å². The molecule has 2 aromatic rings. The predicted molar refractivity (Wildman–Crippen MR) is 91.0 cm³/mol. The minimum Gasteiger partial charge on any atom is -0.399 e. The smallest absolute Gasteiger partial charge is 0.0369 e. The number of likely N-dealkylation sites (N-methyl/N-ethyl adjacent to an activating group) is 1. The summed E-state index contributed by atoms with van der Waals surface area (Å²) in [5.41, 5.74) is 12.4. The van der Waals surface area contributed by atoms with Gasteiger partial charge < -0.3 is 10.6 Å². The van der Waals surface area contributed by atoms with Crippen molar-refractivity contribution in [1.29, 1.82) is 0 Å². The maximum atomic E-state index is 5.81. The number of anilines is 2. The van der Waals surface area contributed by atoms with Crippen molar-refractivity contribution in [3.8, 4) is 0 Å². The molecule has 2 aromatic carbocycles. The fourth-order valence-corrected chi connectivity index (χ4v) is 3.24. The van der Waals surface area contributed by atoms with Gasteiger partial charge in [0.1, 0.15) is 0 Å². The predicted octanol–water partition coefficient (Wildman–Crippen LogP) is 4.05. The van der Waals surface area contributed by atoms with E-state index in [4.69, 9.17) is 5.73 Å². The van der Waals surface area contributed by atoms with Crippen LogP contribution in [0.15, 0.2) is 42.5 Å². The third kappa shape index (κ3) is 2.90. The molecule has 0 heterocycles. The Bertz CT molecular complexity index is 619. The van der Waals surface area contributed by atoms with Crippen molar-refractivity contribution in [2.75, 3.05) is 24.2 Å². The standard InChI is InChI=1S/C19H24N2/c1-14-10-15(2)12-18(11-14)21(3)13-19(8-9-19)16-4-6-17(20)7-5-16/h4-7,10-12H,8-9,13,20H2,1-3H3. The minimum absolute atomic E-state index is 0.320. The minimum atomic E-state index is 0.320. The molecule has 0 spiro atoms. The van der Waals surface area contributed by atoms with Gasteiger partial charge in [-0.2, -0.15) is 0 Å². The summed E-state index contributed by atoms with van der Waals surface area (Å²) < 4.78 is 0. The molecule has 1 fully saturated rings. The molecule has 110 valence electrons. The van der Waals surface area contributed by atoms with Crippen LogP contribution in [0.5, 0.6) is 0 Å². The van der Waals surface area contributed by atoms with Crippen molar-refractivity contribution in [2.24, 2.45) is 0 Å². The Hall–Kier alpha value is -1.96. The van der Waals surface area contributed by atoms with Gasteiger partial charge >= 0.3 is 0 Å². The molecule has 2 heteroatoms. The average molecular weight is 280 g/mol. The summed E-state index contributed by atoms with van der Waals surface area (Å²) >= 11 is 0. The van der Waals surface area contributed by atoms with Crippen molar-refractivity contribution >= 4 is 11.4 Å². The molecule has 1 saturated carbocycles. The first kappa shape index (κ1) is 14.0. The van der Waals surface area contributed by atoms with E-state index in [0.717, 1.165) is 12.2 Å². The van der Waals surface area contributed by atoms with Crippen molar-refractivity contribution in [2.45, 2.75) is 32.1 Å². The van der Waals surface area contributed by atoms with E-state index in [9.17, 15) is 0 Å². The summed E-state index contributed by atoms with van der Waals surface area (Å²) in [5, 5.41) is 0. The van der Waals surface area contributed by atoms with Crippen molar-refractivity contribution in [3.05, 3.63) is 59.2 Å². The van der Waals surface area contributed by atoms with Gasteiger partial charge in [-0.1, -0.05) is 18.2 Å². The van der Waals surface area contributed by atoms with Crippen LogP contribution in [0, 0.1) is 13.8 Å². The Balaban J connectivity index is 1.80. The van der Waals surface area contributed by atoms with Gasteiger partial charge in [0.2, 0.25) is 0 Å².